The summed E-state index contributed by atoms with van der Waals surface area (Å²) < 4.78 is 10.4. The average molecular weight is 665 g/mol. The molecule has 212 valence electrons. The van der Waals surface area contributed by atoms with Crippen LogP contribution in [0.15, 0.2) is 41.5 Å². The predicted octanol–water partition coefficient (Wildman–Crippen LogP) is 5.70. The van der Waals surface area contributed by atoms with Gasteiger partial charge < -0.3 is 24.6 Å². The molecule has 1 saturated carbocycles. The molecule has 1 saturated heterocycles. The first-order valence-corrected chi connectivity index (χ1v) is 17.5. The van der Waals surface area contributed by atoms with Crippen molar-refractivity contribution in [2.24, 2.45) is 13.0 Å². The van der Waals surface area contributed by atoms with Crippen molar-refractivity contribution in [1.82, 2.24) is 18.8 Å². The zero-order valence-corrected chi connectivity index (χ0v) is 26.3. The number of rotatable bonds is 12. The van der Waals surface area contributed by atoms with Crippen LogP contribution in [0.1, 0.15) is 57.9 Å². The summed E-state index contributed by atoms with van der Waals surface area (Å²) in [5.74, 6) is 1.44. The van der Waals surface area contributed by atoms with Crippen LogP contribution in [0.4, 0.5) is 0 Å². The van der Waals surface area contributed by atoms with Gasteiger partial charge in [-0.05, 0) is 82.2 Å². The number of aromatic nitrogens is 2. The summed E-state index contributed by atoms with van der Waals surface area (Å²) in [5.41, 5.74) is 2.35. The second-order valence-corrected chi connectivity index (χ2v) is 13.3. The summed E-state index contributed by atoms with van der Waals surface area (Å²) >= 11 is 2.20. The molecule has 2 N–H and O–H groups in total. The summed E-state index contributed by atoms with van der Waals surface area (Å²) in [6, 6.07) is 8.04. The highest BCUT2D eigenvalue weighted by molar-refractivity contribution is 14.2. The summed E-state index contributed by atoms with van der Waals surface area (Å²) in [5, 5.41) is 15.2. The van der Waals surface area contributed by atoms with Crippen molar-refractivity contribution in [2.45, 2.75) is 64.1 Å². The maximum absolute atomic E-state index is 13.1. The molecule has 7 nitrogen and oxygen atoms in total. The number of nitrogens with one attached hydrogen (secondary N) is 1. The zero-order valence-electron chi connectivity index (χ0n) is 23.3. The molecule has 2 aromatic heterocycles. The predicted molar refractivity (Wildman–Crippen MR) is 170 cm³/mol. The topological polar surface area (TPSA) is 71.7 Å². The molecule has 39 heavy (non-hydrogen) atoms. The number of fused-ring (bicyclic) bond motifs is 1. The van der Waals surface area contributed by atoms with Crippen LogP contribution in [0.2, 0.25) is 0 Å². The molecule has 1 aliphatic heterocycles. The van der Waals surface area contributed by atoms with Crippen molar-refractivity contribution >= 4 is 41.2 Å². The summed E-state index contributed by atoms with van der Waals surface area (Å²) in [6.45, 7) is 9.34. The lowest BCUT2D eigenvalue weighted by molar-refractivity contribution is 0.0785. The Labute approximate surface area is 248 Å². The fourth-order valence-corrected chi connectivity index (χ4v) is 6.98. The molecule has 1 atom stereocenters. The molecular weight excluding hydrogens is 623 g/mol. The molecule has 0 amide bonds. The standard InChI is InChI=1S/C30H41IN4O3S/c1-30(2,37)22-10-11-27(24(19-22)25-20-33(3)29(36)28-23(25)12-16-35(28)39-31)38-26(21-8-9-21)7-5-4-6-15-34-17-13-32-14-18-34/h10-12,16,19-21,26,32,37H,4-9,13-15,17-18H2,1-3H3. The summed E-state index contributed by atoms with van der Waals surface area (Å²) in [4.78, 5) is 15.6. The van der Waals surface area contributed by atoms with Crippen molar-refractivity contribution < 1.29 is 9.84 Å². The monoisotopic (exact) mass is 664 g/mol. The van der Waals surface area contributed by atoms with Crippen LogP contribution in [-0.4, -0.2) is 57.4 Å². The Morgan fingerprint density at radius 3 is 2.62 bits per heavy atom. The largest absolute Gasteiger partial charge is 0.489 e. The van der Waals surface area contributed by atoms with Crippen LogP contribution in [0.25, 0.3) is 22.0 Å². The van der Waals surface area contributed by atoms with Crippen molar-refractivity contribution in [3.63, 3.8) is 0 Å². The van der Waals surface area contributed by atoms with Gasteiger partial charge in [-0.2, -0.15) is 0 Å². The Kier molecular flexibility index (Phi) is 9.32. The van der Waals surface area contributed by atoms with E-state index >= 15 is 0 Å². The fourth-order valence-electron chi connectivity index (χ4n) is 5.64. The lowest BCUT2D eigenvalue weighted by Gasteiger charge is -2.27. The Bertz CT molecular complexity index is 1340. The van der Waals surface area contributed by atoms with Gasteiger partial charge in [-0.15, -0.1) is 0 Å². The number of piperazine rings is 1. The molecule has 0 bridgehead atoms. The number of nitrogens with zero attached hydrogens (tertiary/aromatic N) is 3. The zero-order chi connectivity index (χ0) is 27.6. The van der Waals surface area contributed by atoms with Crippen LogP contribution in [0.3, 0.4) is 0 Å². The Hall–Kier alpha value is -1.53. The highest BCUT2D eigenvalue weighted by Crippen LogP contribution is 2.42. The molecule has 1 unspecified atom stereocenters. The van der Waals surface area contributed by atoms with Gasteiger partial charge in [0, 0.05) is 92.5 Å². The van der Waals surface area contributed by atoms with Gasteiger partial charge in [0.1, 0.15) is 17.4 Å². The van der Waals surface area contributed by atoms with E-state index in [1.807, 2.05) is 40.6 Å². The van der Waals surface area contributed by atoms with Gasteiger partial charge in [-0.25, -0.2) is 0 Å². The molecule has 0 spiro atoms. The number of hydrogen-bond acceptors (Lipinski definition) is 6. The second kappa shape index (κ2) is 12.5. The molecule has 3 heterocycles. The highest BCUT2D eigenvalue weighted by Gasteiger charge is 2.33. The van der Waals surface area contributed by atoms with Gasteiger partial charge in [0.05, 0.1) is 5.60 Å². The highest BCUT2D eigenvalue weighted by atomic mass is 127. The maximum Gasteiger partial charge on any atom is 0.275 e. The third kappa shape index (κ3) is 6.86. The van der Waals surface area contributed by atoms with E-state index in [4.69, 9.17) is 4.74 Å². The first-order valence-electron chi connectivity index (χ1n) is 14.2. The van der Waals surface area contributed by atoms with E-state index < -0.39 is 5.60 Å². The molecule has 3 aromatic rings. The van der Waals surface area contributed by atoms with E-state index in [0.29, 0.717) is 11.4 Å². The number of unbranched alkanes of at least 4 members (excludes halogenated alkanes) is 2. The average Bonchev–Trinajstić information content (AvgIpc) is 3.68. The third-order valence-corrected chi connectivity index (χ3v) is 9.86. The number of aliphatic hydroxyl groups is 1. The normalized spacial score (nSPS) is 17.6. The summed E-state index contributed by atoms with van der Waals surface area (Å²) in [6.07, 6.45) is 11.2. The van der Waals surface area contributed by atoms with Gasteiger partial charge in [0.2, 0.25) is 0 Å². The molecule has 9 heteroatoms. The Morgan fingerprint density at radius 2 is 1.92 bits per heavy atom. The van der Waals surface area contributed by atoms with E-state index in [1.54, 1.807) is 25.5 Å². The lowest BCUT2D eigenvalue weighted by Crippen LogP contribution is -2.43. The lowest BCUT2D eigenvalue weighted by atomic mass is 9.93. The van der Waals surface area contributed by atoms with Crippen molar-refractivity contribution in [3.05, 3.63) is 52.6 Å². The van der Waals surface area contributed by atoms with Gasteiger partial charge in [0.25, 0.3) is 5.56 Å². The third-order valence-electron chi connectivity index (χ3n) is 8.14. The Balaban J connectivity index is 1.40. The van der Waals surface area contributed by atoms with Crippen molar-refractivity contribution in [2.75, 3.05) is 32.7 Å². The van der Waals surface area contributed by atoms with Crippen LogP contribution in [-0.2, 0) is 12.6 Å². The molecule has 1 aliphatic carbocycles. The molecule has 2 aliphatic rings. The molecule has 0 radical (unpaired) electrons. The van der Waals surface area contributed by atoms with E-state index in [0.717, 1.165) is 60.4 Å². The number of pyridine rings is 1. The SMILES string of the molecule is Cn1cc(-c2cc(C(C)(C)O)ccc2OC(CCCCCN2CCNCC2)C2CC2)c2ccn(SI)c2c1=O. The first-order chi connectivity index (χ1) is 18.8. The van der Waals surface area contributed by atoms with Crippen LogP contribution in [0, 0.1) is 5.92 Å². The quantitative estimate of drug-likeness (QED) is 0.191. The van der Waals surface area contributed by atoms with Gasteiger partial charge in [-0.1, -0.05) is 12.5 Å². The number of halogens is 1. The van der Waals surface area contributed by atoms with E-state index in [9.17, 15) is 9.90 Å². The first kappa shape index (κ1) is 29.0. The van der Waals surface area contributed by atoms with Gasteiger partial charge >= 0.3 is 0 Å². The summed E-state index contributed by atoms with van der Waals surface area (Å²) in [7, 11) is 3.28. The van der Waals surface area contributed by atoms with E-state index in [2.05, 4.69) is 31.4 Å². The minimum atomic E-state index is -0.989. The number of benzene rings is 1. The molecular formula is C30H41IN4O3S. The van der Waals surface area contributed by atoms with Crippen molar-refractivity contribution in [3.8, 4) is 16.9 Å². The minimum Gasteiger partial charge on any atom is -0.489 e. The number of ether oxygens (including phenoxy) is 1. The fraction of sp³-hybridized carbons (Fsp3) is 0.567. The minimum absolute atomic E-state index is 0.0271. The van der Waals surface area contributed by atoms with E-state index in [1.165, 1.54) is 47.8 Å². The molecule has 2 fully saturated rings. The van der Waals surface area contributed by atoms with Gasteiger partial charge in [0.15, 0.2) is 0 Å². The number of hydrogen-bond donors (Lipinski definition) is 2. The van der Waals surface area contributed by atoms with Gasteiger partial charge in [-0.3, -0.25) is 8.77 Å². The second-order valence-electron chi connectivity index (χ2n) is 11.6. The molecule has 5 rings (SSSR count). The Morgan fingerprint density at radius 1 is 1.15 bits per heavy atom. The van der Waals surface area contributed by atoms with Crippen molar-refractivity contribution in [1.29, 1.82) is 0 Å². The smallest absolute Gasteiger partial charge is 0.275 e. The maximum atomic E-state index is 13.1. The van der Waals surface area contributed by atoms with Crippen LogP contribution >= 0.6 is 30.3 Å². The van der Waals surface area contributed by atoms with E-state index in [-0.39, 0.29) is 11.7 Å². The molecule has 1 aromatic carbocycles. The number of aryl methyl sites for hydroxylation is 1. The van der Waals surface area contributed by atoms with Crippen LogP contribution in [0.5, 0.6) is 5.75 Å². The van der Waals surface area contributed by atoms with Crippen LogP contribution < -0.4 is 15.6 Å².